The summed E-state index contributed by atoms with van der Waals surface area (Å²) in [6.45, 7) is 15.4. The third-order valence-corrected chi connectivity index (χ3v) is 16.9. The second-order valence-corrected chi connectivity index (χ2v) is 23.1. The number of rotatable bonds is 8. The summed E-state index contributed by atoms with van der Waals surface area (Å²) >= 11 is 6.42. The first kappa shape index (κ1) is 56.4. The van der Waals surface area contributed by atoms with Gasteiger partial charge in [-0.05, 0) is 155 Å². The van der Waals surface area contributed by atoms with E-state index in [0.29, 0.717) is 11.3 Å². The lowest BCUT2D eigenvalue weighted by Gasteiger charge is -2.32. The molecule has 88 heavy (non-hydrogen) atoms. The second-order valence-electron chi connectivity index (χ2n) is 22.7. The van der Waals surface area contributed by atoms with Gasteiger partial charge in [0, 0.05) is 59.1 Å². The fraction of sp³-hybridized carbons (Fsp3) is 0.0789. The fourth-order valence-corrected chi connectivity index (χ4v) is 11.3. The van der Waals surface area contributed by atoms with Crippen molar-refractivity contribution in [2.24, 2.45) is 0 Å². The molecule has 15 rings (SSSR count). The third kappa shape index (κ3) is 11.4. The molecule has 1 fully saturated rings. The molecule has 1 aliphatic heterocycles. The summed E-state index contributed by atoms with van der Waals surface area (Å²) in [6, 6.07) is 80.4. The van der Waals surface area contributed by atoms with Crippen molar-refractivity contribution in [1.82, 2.24) is 19.9 Å². The topological polar surface area (TPSA) is 112 Å². The van der Waals surface area contributed by atoms with Gasteiger partial charge < -0.3 is 9.31 Å². The number of nitrogens with one attached hydrogen (secondary N) is 2. The molecule has 0 amide bonds. The van der Waals surface area contributed by atoms with Gasteiger partial charge in [-0.1, -0.05) is 169 Å². The number of benzene rings is 8. The Labute approximate surface area is 516 Å². The second kappa shape index (κ2) is 23.9. The summed E-state index contributed by atoms with van der Waals surface area (Å²) in [6.07, 6.45) is 11.5. The van der Waals surface area contributed by atoms with Gasteiger partial charge in [-0.25, -0.2) is 14.8 Å². The van der Waals surface area contributed by atoms with E-state index in [1.54, 1.807) is 12.4 Å². The van der Waals surface area contributed by atoms with Crippen molar-refractivity contribution >= 4 is 63.2 Å². The molecule has 14 aromatic rings. The van der Waals surface area contributed by atoms with Crippen molar-refractivity contribution in [3.05, 3.63) is 290 Å². The van der Waals surface area contributed by atoms with Crippen LogP contribution in [0.3, 0.4) is 0 Å². The summed E-state index contributed by atoms with van der Waals surface area (Å²) in [5.41, 5.74) is 23.9. The van der Waals surface area contributed by atoms with E-state index in [9.17, 15) is 0 Å². The van der Waals surface area contributed by atoms with Gasteiger partial charge >= 0.3 is 7.12 Å². The van der Waals surface area contributed by atoms with Gasteiger partial charge in [-0.15, -0.1) is 0 Å². The number of halogens is 1. The summed E-state index contributed by atoms with van der Waals surface area (Å²) in [7, 11) is -0.338. The van der Waals surface area contributed by atoms with Crippen molar-refractivity contribution < 1.29 is 18.1 Å². The molecule has 0 atom stereocenters. The van der Waals surface area contributed by atoms with Crippen LogP contribution < -0.4 is 14.3 Å². The molecule has 7 heterocycles. The summed E-state index contributed by atoms with van der Waals surface area (Å²) in [5, 5.41) is 9.59. The van der Waals surface area contributed by atoms with Crippen LogP contribution in [0.25, 0.3) is 116 Å². The van der Waals surface area contributed by atoms with E-state index in [-0.39, 0.29) is 18.3 Å². The monoisotopic (exact) mass is 1160 g/mol. The number of hydrogen-bond acceptors (Lipinski definition) is 5. The van der Waals surface area contributed by atoms with E-state index < -0.39 is 0 Å². The van der Waals surface area contributed by atoms with Crippen LogP contribution in [0.2, 0.25) is 5.02 Å². The molecule has 10 nitrogen and oxygen atoms in total. The lowest BCUT2D eigenvalue weighted by molar-refractivity contribution is -0.481. The number of H-pyrrole nitrogens is 2. The van der Waals surface area contributed by atoms with Gasteiger partial charge in [0.15, 0.2) is 27.8 Å². The minimum atomic E-state index is -0.338. The normalized spacial score (nSPS) is 13.1. The van der Waals surface area contributed by atoms with Crippen LogP contribution in [0.5, 0.6) is 0 Å². The van der Waals surface area contributed by atoms with E-state index in [4.69, 9.17) is 32.7 Å². The van der Waals surface area contributed by atoms with Crippen molar-refractivity contribution in [1.29, 1.82) is 5.26 Å². The maximum atomic E-state index is 8.86. The van der Waals surface area contributed by atoms with Crippen molar-refractivity contribution in [3.8, 4) is 84.0 Å². The molecule has 8 aromatic carbocycles. The number of hydrogen-bond donors (Lipinski definition) is 2. The quantitative estimate of drug-likeness (QED) is 0.0894. The van der Waals surface area contributed by atoms with E-state index in [2.05, 4.69) is 207 Å². The number of fused-ring (bicyclic) bond motifs is 6. The minimum Gasteiger partial charge on any atom is -0.399 e. The molecule has 2 N–H and O–H groups in total. The van der Waals surface area contributed by atoms with Crippen molar-refractivity contribution in [3.63, 3.8) is 0 Å². The highest BCUT2D eigenvalue weighted by molar-refractivity contribution is 6.62. The highest BCUT2D eigenvalue weighted by atomic mass is 35.5. The standard InChI is InChI=1S/C35H22N4.C22H14ClN3.C19H20BNO2/c1-36-31-17-15-25(16-18-31)24-7-9-27(10-8-24)30-21-32(35-33(22-30)39-20-3-2-6-34(39)38-35)28-13-11-26(12-14-28)29-5-4-19-37-23-29;23-18-12-19(22-20(13-18)26-11-2-1-5-21(26)25-22)16-8-6-15(7-9-16)17-4-3-10-24-14-17;1-18(2)19(3,4)23-20(22-18)17-11-9-16(10-12-17)15-7-5-14(13-21)6-8-15/h2-23H;1-14H;5-12H,1-4H3/p+2. The average molecular weight is 1160 g/mol. The zero-order chi connectivity index (χ0) is 60.4. The Morgan fingerprint density at radius 1 is 0.466 bits per heavy atom. The van der Waals surface area contributed by atoms with Crippen LogP contribution >= 0.6 is 11.6 Å². The Hall–Kier alpha value is -10.8. The first-order chi connectivity index (χ1) is 42.9. The third-order valence-electron chi connectivity index (χ3n) is 16.7. The highest BCUT2D eigenvalue weighted by Gasteiger charge is 2.51. The van der Waals surface area contributed by atoms with E-state index in [0.717, 1.165) is 122 Å². The van der Waals surface area contributed by atoms with Gasteiger partial charge in [0.05, 0.1) is 41.8 Å². The van der Waals surface area contributed by atoms with Crippen LogP contribution in [0.4, 0.5) is 5.69 Å². The molecule has 12 heteroatoms. The first-order valence-corrected chi connectivity index (χ1v) is 29.4. The van der Waals surface area contributed by atoms with Gasteiger partial charge in [-0.2, -0.15) is 14.1 Å². The van der Waals surface area contributed by atoms with Crippen LogP contribution in [-0.4, -0.2) is 38.3 Å². The van der Waals surface area contributed by atoms with E-state index >= 15 is 0 Å². The number of nitrogens with zero attached hydrogens (tertiary/aromatic N) is 6. The zero-order valence-electron chi connectivity index (χ0n) is 48.9. The Bertz CT molecular complexity index is 4890. The molecule has 0 bridgehead atoms. The molecular formula is C76H58BClN8O2+2. The van der Waals surface area contributed by atoms with E-state index in [1.807, 2.05) is 116 Å². The molecular weight excluding hydrogens is 1100 g/mol. The Kier molecular flexibility index (Phi) is 15.3. The van der Waals surface area contributed by atoms with Gasteiger partial charge in [0.25, 0.3) is 11.3 Å². The molecule has 422 valence electrons. The molecule has 0 radical (unpaired) electrons. The SMILES string of the molecule is CC1(C)OB(c2ccc(-c3ccc(C#N)cc3)cc2)OC1(C)C.Clc1cc(-c2ccc(-c3cccnc3)cc2)c2[nH]c3cccc[n+]3c2c1.[C-]#[N+]c1ccc(-c2ccc(-c3cc(-c4ccc(-c5cccnc5)cc4)c4[nH]c5cccc[n+]5c4c3)cc2)cc1. The minimum absolute atomic E-state index is 0.330. The lowest BCUT2D eigenvalue weighted by Crippen LogP contribution is -2.41. The maximum absolute atomic E-state index is 8.86. The van der Waals surface area contributed by atoms with Gasteiger partial charge in [0.1, 0.15) is 0 Å². The Morgan fingerprint density at radius 2 is 0.875 bits per heavy atom. The number of aromatic amines is 2. The summed E-state index contributed by atoms with van der Waals surface area (Å²) in [4.78, 5) is 19.1. The Balaban J connectivity index is 0.000000128. The molecule has 1 saturated heterocycles. The van der Waals surface area contributed by atoms with Crippen molar-refractivity contribution in [2.75, 3.05) is 0 Å². The van der Waals surface area contributed by atoms with Crippen LogP contribution in [-0.2, 0) is 9.31 Å². The molecule has 1 aliphatic rings. The molecule has 0 saturated carbocycles. The van der Waals surface area contributed by atoms with Crippen LogP contribution in [0.1, 0.15) is 33.3 Å². The predicted octanol–water partition coefficient (Wildman–Crippen LogP) is 17.3. The largest absolute Gasteiger partial charge is 0.494 e. The van der Waals surface area contributed by atoms with Gasteiger partial charge in [0.2, 0.25) is 0 Å². The molecule has 6 aromatic heterocycles. The molecule has 0 unspecified atom stereocenters. The number of aromatic nitrogens is 6. The summed E-state index contributed by atoms with van der Waals surface area (Å²) < 4.78 is 16.5. The predicted molar refractivity (Wildman–Crippen MR) is 355 cm³/mol. The van der Waals surface area contributed by atoms with E-state index in [1.165, 1.54) is 0 Å². The number of pyridine rings is 4. The molecule has 0 spiro atoms. The molecule has 0 aliphatic carbocycles. The zero-order valence-corrected chi connectivity index (χ0v) is 49.6. The smallest absolute Gasteiger partial charge is 0.399 e. The van der Waals surface area contributed by atoms with Crippen LogP contribution in [0.15, 0.2) is 268 Å². The van der Waals surface area contributed by atoms with Crippen molar-refractivity contribution in [2.45, 2.75) is 38.9 Å². The first-order valence-electron chi connectivity index (χ1n) is 29.0. The maximum Gasteiger partial charge on any atom is 0.494 e. The lowest BCUT2D eigenvalue weighted by atomic mass is 9.78. The Morgan fingerprint density at radius 3 is 1.33 bits per heavy atom. The fourth-order valence-electron chi connectivity index (χ4n) is 11.1. The van der Waals surface area contributed by atoms with Gasteiger partial charge in [-0.3, -0.25) is 9.97 Å². The average Bonchev–Trinajstić information content (AvgIpc) is 2.29. The summed E-state index contributed by atoms with van der Waals surface area (Å²) in [5.74, 6) is 0. The van der Waals surface area contributed by atoms with Crippen LogP contribution in [0, 0.1) is 17.9 Å². The highest BCUT2D eigenvalue weighted by Crippen LogP contribution is 2.38. The number of nitriles is 1. The number of imidazole rings is 2.